The third-order valence-electron chi connectivity index (χ3n) is 3.39. The molecule has 2 N–H and O–H groups in total. The van der Waals surface area contributed by atoms with Gasteiger partial charge in [0.05, 0.1) is 0 Å². The average molecular weight is 348 g/mol. The first-order valence-electron chi connectivity index (χ1n) is 7.11. The molecule has 0 spiro atoms. The zero-order chi connectivity index (χ0) is 15.6. The van der Waals surface area contributed by atoms with E-state index in [9.17, 15) is 0 Å². The van der Waals surface area contributed by atoms with Crippen LogP contribution in [0.4, 0.5) is 0 Å². The zero-order valence-corrected chi connectivity index (χ0v) is 14.6. The smallest absolute Gasteiger partial charge is 0.133 e. The Morgan fingerprint density at radius 1 is 1.10 bits per heavy atom. The highest BCUT2D eigenvalue weighted by Gasteiger charge is 2.15. The summed E-state index contributed by atoms with van der Waals surface area (Å²) in [6, 6.07) is 14.1. The minimum Gasteiger partial charge on any atom is -0.457 e. The van der Waals surface area contributed by atoms with Crippen molar-refractivity contribution in [2.75, 3.05) is 0 Å². The molecule has 3 heteroatoms. The second-order valence-electron chi connectivity index (χ2n) is 6.35. The Morgan fingerprint density at radius 2 is 1.81 bits per heavy atom. The van der Waals surface area contributed by atoms with Gasteiger partial charge >= 0.3 is 0 Å². The molecule has 0 aromatic heterocycles. The van der Waals surface area contributed by atoms with Gasteiger partial charge < -0.3 is 10.5 Å². The summed E-state index contributed by atoms with van der Waals surface area (Å²) in [6.45, 7) is 8.54. The summed E-state index contributed by atoms with van der Waals surface area (Å²) in [5.41, 5.74) is 8.37. The predicted octanol–water partition coefficient (Wildman–Crippen LogP) is 5.56. The normalized spacial score (nSPS) is 13.0. The van der Waals surface area contributed by atoms with Crippen molar-refractivity contribution in [3.8, 4) is 11.5 Å². The maximum Gasteiger partial charge on any atom is 0.133 e. The Kier molecular flexibility index (Phi) is 4.74. The Bertz CT molecular complexity index is 629. The van der Waals surface area contributed by atoms with E-state index in [0.29, 0.717) is 0 Å². The van der Waals surface area contributed by atoms with E-state index in [1.807, 2.05) is 37.3 Å². The van der Waals surface area contributed by atoms with Crippen molar-refractivity contribution < 1.29 is 4.74 Å². The fraction of sp³-hybridized carbons (Fsp3) is 0.333. The van der Waals surface area contributed by atoms with Gasteiger partial charge in [-0.1, -0.05) is 54.9 Å². The van der Waals surface area contributed by atoms with Crippen LogP contribution in [0.15, 0.2) is 46.9 Å². The molecule has 1 unspecified atom stereocenters. The summed E-state index contributed by atoms with van der Waals surface area (Å²) in [4.78, 5) is 0. The fourth-order valence-corrected chi connectivity index (χ4v) is 2.47. The number of rotatable bonds is 3. The van der Waals surface area contributed by atoms with E-state index in [1.54, 1.807) is 0 Å². The van der Waals surface area contributed by atoms with Crippen molar-refractivity contribution in [3.63, 3.8) is 0 Å². The number of hydrogen-bond acceptors (Lipinski definition) is 2. The Hall–Kier alpha value is -1.32. The molecule has 2 nitrogen and oxygen atoms in total. The van der Waals surface area contributed by atoms with Crippen LogP contribution < -0.4 is 10.5 Å². The Morgan fingerprint density at radius 3 is 2.43 bits per heavy atom. The second kappa shape index (κ2) is 6.20. The van der Waals surface area contributed by atoms with Gasteiger partial charge in [0.25, 0.3) is 0 Å². The van der Waals surface area contributed by atoms with Gasteiger partial charge in [0, 0.05) is 16.1 Å². The first kappa shape index (κ1) is 16.1. The van der Waals surface area contributed by atoms with E-state index in [4.69, 9.17) is 10.5 Å². The second-order valence-corrected chi connectivity index (χ2v) is 7.27. The molecule has 0 aliphatic carbocycles. The van der Waals surface area contributed by atoms with Gasteiger partial charge in [-0.25, -0.2) is 0 Å². The lowest BCUT2D eigenvalue weighted by molar-refractivity contribution is 0.468. The third kappa shape index (κ3) is 4.08. The molecule has 0 radical (unpaired) electrons. The van der Waals surface area contributed by atoms with Crippen LogP contribution in [0.5, 0.6) is 11.5 Å². The van der Waals surface area contributed by atoms with Crippen LogP contribution in [0, 0.1) is 0 Å². The lowest BCUT2D eigenvalue weighted by Gasteiger charge is -2.20. The summed E-state index contributed by atoms with van der Waals surface area (Å²) >= 11 is 3.48. The molecule has 2 aromatic rings. The van der Waals surface area contributed by atoms with Crippen LogP contribution in [0.3, 0.4) is 0 Å². The molecule has 112 valence electrons. The first-order valence-corrected chi connectivity index (χ1v) is 7.90. The SMILES string of the molecule is CC(N)c1ccc(Br)cc1Oc1cccc(C(C)(C)C)c1. The maximum atomic E-state index is 6.08. The molecule has 0 amide bonds. The van der Waals surface area contributed by atoms with Gasteiger partial charge in [-0.15, -0.1) is 0 Å². The zero-order valence-electron chi connectivity index (χ0n) is 13.0. The first-order chi connectivity index (χ1) is 9.77. The van der Waals surface area contributed by atoms with Crippen LogP contribution in [0.1, 0.15) is 44.9 Å². The highest BCUT2D eigenvalue weighted by Crippen LogP contribution is 2.33. The lowest BCUT2D eigenvalue weighted by Crippen LogP contribution is -2.11. The molecule has 0 bridgehead atoms. The van der Waals surface area contributed by atoms with E-state index in [0.717, 1.165) is 21.5 Å². The summed E-state index contributed by atoms with van der Waals surface area (Å²) < 4.78 is 7.06. The standard InChI is InChI=1S/C18H22BrNO/c1-12(20)16-9-8-14(19)11-17(16)21-15-7-5-6-13(10-15)18(2,3)4/h5-12H,20H2,1-4H3. The van der Waals surface area contributed by atoms with Gasteiger partial charge in [-0.3, -0.25) is 0 Å². The summed E-state index contributed by atoms with van der Waals surface area (Å²) in [7, 11) is 0. The van der Waals surface area contributed by atoms with Gasteiger partial charge in [-0.05, 0) is 42.2 Å². The largest absolute Gasteiger partial charge is 0.457 e. The summed E-state index contributed by atoms with van der Waals surface area (Å²) in [5.74, 6) is 1.63. The van der Waals surface area contributed by atoms with E-state index < -0.39 is 0 Å². The van der Waals surface area contributed by atoms with Crippen molar-refractivity contribution in [2.24, 2.45) is 5.73 Å². The van der Waals surface area contributed by atoms with Gasteiger partial charge in [0.1, 0.15) is 11.5 Å². The van der Waals surface area contributed by atoms with E-state index in [-0.39, 0.29) is 11.5 Å². The number of halogens is 1. The highest BCUT2D eigenvalue weighted by atomic mass is 79.9. The van der Waals surface area contributed by atoms with E-state index >= 15 is 0 Å². The molecule has 2 rings (SSSR count). The minimum atomic E-state index is -0.0705. The summed E-state index contributed by atoms with van der Waals surface area (Å²) in [6.07, 6.45) is 0. The number of benzene rings is 2. The van der Waals surface area contributed by atoms with Gasteiger partial charge in [0.2, 0.25) is 0 Å². The number of hydrogen-bond donors (Lipinski definition) is 1. The highest BCUT2D eigenvalue weighted by molar-refractivity contribution is 9.10. The molecule has 0 heterocycles. The van der Waals surface area contributed by atoms with Crippen molar-refractivity contribution >= 4 is 15.9 Å². The van der Waals surface area contributed by atoms with Crippen LogP contribution in [0.2, 0.25) is 0 Å². The quantitative estimate of drug-likeness (QED) is 0.788. The number of ether oxygens (including phenoxy) is 1. The molecule has 0 saturated carbocycles. The van der Waals surface area contributed by atoms with Crippen LogP contribution in [0.25, 0.3) is 0 Å². The molecule has 0 saturated heterocycles. The van der Waals surface area contributed by atoms with Gasteiger partial charge in [0.15, 0.2) is 0 Å². The van der Waals surface area contributed by atoms with Crippen molar-refractivity contribution in [1.82, 2.24) is 0 Å². The molecular formula is C18H22BrNO. The van der Waals surface area contributed by atoms with E-state index in [1.165, 1.54) is 5.56 Å². The van der Waals surface area contributed by atoms with Crippen molar-refractivity contribution in [1.29, 1.82) is 0 Å². The maximum absolute atomic E-state index is 6.08. The van der Waals surface area contributed by atoms with Crippen molar-refractivity contribution in [3.05, 3.63) is 58.1 Å². The number of nitrogens with two attached hydrogens (primary N) is 1. The average Bonchev–Trinajstić information content (AvgIpc) is 2.37. The minimum absolute atomic E-state index is 0.0705. The third-order valence-corrected chi connectivity index (χ3v) is 3.89. The molecule has 0 fully saturated rings. The molecule has 0 aliphatic rings. The van der Waals surface area contributed by atoms with Crippen LogP contribution in [-0.2, 0) is 5.41 Å². The topological polar surface area (TPSA) is 35.2 Å². The molecule has 2 aromatic carbocycles. The van der Waals surface area contributed by atoms with Crippen molar-refractivity contribution in [2.45, 2.75) is 39.2 Å². The Balaban J connectivity index is 2.36. The monoisotopic (exact) mass is 347 g/mol. The van der Waals surface area contributed by atoms with Crippen LogP contribution in [-0.4, -0.2) is 0 Å². The lowest BCUT2D eigenvalue weighted by atomic mass is 9.87. The molecule has 1 atom stereocenters. The molecular weight excluding hydrogens is 326 g/mol. The predicted molar refractivity (Wildman–Crippen MR) is 92.0 cm³/mol. The molecule has 0 aliphatic heterocycles. The van der Waals surface area contributed by atoms with Crippen LogP contribution >= 0.6 is 15.9 Å². The Labute approximate surface area is 135 Å². The fourth-order valence-electron chi connectivity index (χ4n) is 2.13. The molecule has 21 heavy (non-hydrogen) atoms. The van der Waals surface area contributed by atoms with E-state index in [2.05, 4.69) is 48.8 Å². The van der Waals surface area contributed by atoms with Gasteiger partial charge in [-0.2, -0.15) is 0 Å². The summed E-state index contributed by atoms with van der Waals surface area (Å²) in [5, 5.41) is 0.